The SMILES string of the molecule is OC(c1ccccc1OCc1ccccc1)C(Cl)(Cl)Cl. The molecule has 0 aliphatic heterocycles. The predicted molar refractivity (Wildman–Crippen MR) is 82.5 cm³/mol. The number of ether oxygens (including phenoxy) is 1. The van der Waals surface area contributed by atoms with Crippen molar-refractivity contribution in [2.45, 2.75) is 16.5 Å². The van der Waals surface area contributed by atoms with Gasteiger partial charge in [0.25, 0.3) is 0 Å². The van der Waals surface area contributed by atoms with Crippen molar-refractivity contribution in [1.82, 2.24) is 0 Å². The first-order chi connectivity index (χ1) is 9.48. The molecule has 5 heteroatoms. The Balaban J connectivity index is 2.16. The van der Waals surface area contributed by atoms with Crippen molar-refractivity contribution in [3.8, 4) is 5.75 Å². The maximum Gasteiger partial charge on any atom is 0.220 e. The number of alkyl halides is 3. The van der Waals surface area contributed by atoms with Crippen molar-refractivity contribution in [2.24, 2.45) is 0 Å². The zero-order chi connectivity index (χ0) is 14.6. The molecule has 2 aromatic carbocycles. The highest BCUT2D eigenvalue weighted by atomic mass is 35.6. The topological polar surface area (TPSA) is 29.5 Å². The summed E-state index contributed by atoms with van der Waals surface area (Å²) in [7, 11) is 0. The lowest BCUT2D eigenvalue weighted by atomic mass is 10.1. The Morgan fingerprint density at radius 3 is 2.20 bits per heavy atom. The molecule has 1 unspecified atom stereocenters. The molecule has 0 aromatic heterocycles. The monoisotopic (exact) mass is 330 g/mol. The van der Waals surface area contributed by atoms with Gasteiger partial charge in [0.05, 0.1) is 0 Å². The van der Waals surface area contributed by atoms with Crippen molar-refractivity contribution in [3.05, 3.63) is 65.7 Å². The van der Waals surface area contributed by atoms with E-state index < -0.39 is 9.90 Å². The van der Waals surface area contributed by atoms with Crippen LogP contribution in [0.1, 0.15) is 17.2 Å². The van der Waals surface area contributed by atoms with E-state index in [9.17, 15) is 5.11 Å². The molecule has 2 aromatic rings. The fourth-order valence-corrected chi connectivity index (χ4v) is 2.10. The van der Waals surface area contributed by atoms with Crippen molar-refractivity contribution in [1.29, 1.82) is 0 Å². The first-order valence-electron chi connectivity index (χ1n) is 5.99. The summed E-state index contributed by atoms with van der Waals surface area (Å²) in [6.45, 7) is 0.379. The number of para-hydroxylation sites is 1. The third-order valence-corrected chi connectivity index (χ3v) is 3.38. The van der Waals surface area contributed by atoms with Crippen LogP contribution in [0, 0.1) is 0 Å². The van der Waals surface area contributed by atoms with Crippen LogP contribution in [0.15, 0.2) is 54.6 Å². The number of hydrogen-bond acceptors (Lipinski definition) is 2. The van der Waals surface area contributed by atoms with Gasteiger partial charge in [0, 0.05) is 5.56 Å². The summed E-state index contributed by atoms with van der Waals surface area (Å²) in [5.41, 5.74) is 1.47. The standard InChI is InChI=1S/C15H13Cl3O2/c16-15(17,18)14(19)12-8-4-5-9-13(12)20-10-11-6-2-1-3-7-11/h1-9,14,19H,10H2. The Morgan fingerprint density at radius 1 is 0.950 bits per heavy atom. The Kier molecular flexibility index (Phi) is 5.17. The summed E-state index contributed by atoms with van der Waals surface area (Å²) in [5.74, 6) is 0.496. The Morgan fingerprint density at radius 2 is 1.55 bits per heavy atom. The second-order valence-electron chi connectivity index (χ2n) is 4.26. The maximum absolute atomic E-state index is 10.1. The van der Waals surface area contributed by atoms with E-state index >= 15 is 0 Å². The van der Waals surface area contributed by atoms with Crippen LogP contribution < -0.4 is 4.74 Å². The molecule has 2 nitrogen and oxygen atoms in total. The number of hydrogen-bond donors (Lipinski definition) is 1. The van der Waals surface area contributed by atoms with E-state index in [1.807, 2.05) is 30.3 Å². The molecule has 0 heterocycles. The van der Waals surface area contributed by atoms with Crippen molar-refractivity contribution in [3.63, 3.8) is 0 Å². The zero-order valence-corrected chi connectivity index (χ0v) is 12.7. The van der Waals surface area contributed by atoms with Crippen LogP contribution in [0.2, 0.25) is 0 Å². The average Bonchev–Trinajstić information content (AvgIpc) is 2.45. The number of halogens is 3. The molecule has 20 heavy (non-hydrogen) atoms. The van der Waals surface area contributed by atoms with E-state index in [4.69, 9.17) is 39.5 Å². The van der Waals surface area contributed by atoms with Crippen LogP contribution in [-0.4, -0.2) is 8.90 Å². The molecule has 0 radical (unpaired) electrons. The van der Waals surface area contributed by atoms with Gasteiger partial charge in [-0.05, 0) is 11.6 Å². The molecule has 0 aliphatic rings. The van der Waals surface area contributed by atoms with E-state index in [-0.39, 0.29) is 0 Å². The Hall–Kier alpha value is -0.930. The minimum atomic E-state index is -1.80. The molecule has 106 valence electrons. The van der Waals surface area contributed by atoms with Gasteiger partial charge < -0.3 is 9.84 Å². The molecule has 0 amide bonds. The average molecular weight is 332 g/mol. The van der Waals surface area contributed by atoms with Gasteiger partial charge >= 0.3 is 0 Å². The molecule has 1 atom stereocenters. The lowest BCUT2D eigenvalue weighted by Gasteiger charge is -2.21. The van der Waals surface area contributed by atoms with Gasteiger partial charge in [-0.25, -0.2) is 0 Å². The quantitative estimate of drug-likeness (QED) is 0.825. The third-order valence-electron chi connectivity index (χ3n) is 2.76. The number of aliphatic hydroxyl groups is 1. The van der Waals surface area contributed by atoms with Gasteiger partial charge in [-0.15, -0.1) is 0 Å². The van der Waals surface area contributed by atoms with Gasteiger partial charge in [0.2, 0.25) is 3.79 Å². The van der Waals surface area contributed by atoms with Crippen molar-refractivity contribution >= 4 is 34.8 Å². The molecular formula is C15H13Cl3O2. The fourth-order valence-electron chi connectivity index (χ4n) is 1.75. The van der Waals surface area contributed by atoms with Crippen LogP contribution >= 0.6 is 34.8 Å². The van der Waals surface area contributed by atoms with Gasteiger partial charge in [-0.1, -0.05) is 83.3 Å². The largest absolute Gasteiger partial charge is 0.489 e. The molecule has 0 aliphatic carbocycles. The minimum absolute atomic E-state index is 0.379. The fraction of sp³-hybridized carbons (Fsp3) is 0.200. The van der Waals surface area contributed by atoms with Crippen LogP contribution in [0.25, 0.3) is 0 Å². The van der Waals surface area contributed by atoms with E-state index in [0.717, 1.165) is 5.56 Å². The van der Waals surface area contributed by atoms with E-state index in [0.29, 0.717) is 17.9 Å². The first kappa shape index (κ1) is 15.5. The summed E-state index contributed by atoms with van der Waals surface area (Å²) in [5, 5.41) is 10.1. The number of rotatable bonds is 4. The van der Waals surface area contributed by atoms with Crippen molar-refractivity contribution < 1.29 is 9.84 Å². The van der Waals surface area contributed by atoms with E-state index in [2.05, 4.69) is 0 Å². The summed E-state index contributed by atoms with van der Waals surface area (Å²) in [6, 6.07) is 16.7. The second-order valence-corrected chi connectivity index (χ2v) is 6.63. The predicted octanol–water partition coefficient (Wildman–Crippen LogP) is 4.67. The third kappa shape index (κ3) is 4.03. The number of aliphatic hydroxyl groups excluding tert-OH is 1. The summed E-state index contributed by atoms with van der Waals surface area (Å²) < 4.78 is 3.90. The van der Waals surface area contributed by atoms with Gasteiger partial charge in [-0.2, -0.15) is 0 Å². The molecule has 0 fully saturated rings. The first-order valence-corrected chi connectivity index (χ1v) is 7.12. The highest BCUT2D eigenvalue weighted by Gasteiger charge is 2.33. The molecular weight excluding hydrogens is 319 g/mol. The summed E-state index contributed by atoms with van der Waals surface area (Å²) >= 11 is 17.2. The normalized spacial score (nSPS) is 13.0. The lowest BCUT2D eigenvalue weighted by Crippen LogP contribution is -2.17. The summed E-state index contributed by atoms with van der Waals surface area (Å²) in [6.07, 6.45) is -1.25. The van der Waals surface area contributed by atoms with Gasteiger partial charge in [0.1, 0.15) is 18.5 Å². The van der Waals surface area contributed by atoms with Gasteiger partial charge in [-0.3, -0.25) is 0 Å². The van der Waals surface area contributed by atoms with Gasteiger partial charge in [0.15, 0.2) is 0 Å². The Bertz CT molecular complexity index is 553. The highest BCUT2D eigenvalue weighted by Crippen LogP contribution is 2.42. The lowest BCUT2D eigenvalue weighted by molar-refractivity contribution is 0.174. The maximum atomic E-state index is 10.1. The van der Waals surface area contributed by atoms with Crippen LogP contribution in [0.5, 0.6) is 5.75 Å². The second kappa shape index (κ2) is 6.68. The van der Waals surface area contributed by atoms with E-state index in [1.54, 1.807) is 24.3 Å². The van der Waals surface area contributed by atoms with E-state index in [1.165, 1.54) is 0 Å². The summed E-state index contributed by atoms with van der Waals surface area (Å²) in [4.78, 5) is 0. The molecule has 0 bridgehead atoms. The zero-order valence-electron chi connectivity index (χ0n) is 10.5. The van der Waals surface area contributed by atoms with Crippen molar-refractivity contribution in [2.75, 3.05) is 0 Å². The molecule has 0 saturated carbocycles. The molecule has 1 N–H and O–H groups in total. The molecule has 2 rings (SSSR count). The smallest absolute Gasteiger partial charge is 0.220 e. The number of benzene rings is 2. The molecule has 0 spiro atoms. The highest BCUT2D eigenvalue weighted by molar-refractivity contribution is 6.68. The Labute approximate surface area is 132 Å². The molecule has 0 saturated heterocycles. The van der Waals surface area contributed by atoms with Crippen LogP contribution in [-0.2, 0) is 6.61 Å². The minimum Gasteiger partial charge on any atom is -0.489 e. The van der Waals surface area contributed by atoms with Crippen LogP contribution in [0.4, 0.5) is 0 Å². The van der Waals surface area contributed by atoms with Crippen LogP contribution in [0.3, 0.4) is 0 Å².